The minimum atomic E-state index is -6.22. The van der Waals surface area contributed by atoms with Gasteiger partial charge in [0.25, 0.3) is 0 Å². The molecule has 0 amide bonds. The summed E-state index contributed by atoms with van der Waals surface area (Å²) in [5.74, 6) is -3.29. The Labute approximate surface area is 151 Å². The lowest BCUT2D eigenvalue weighted by Crippen LogP contribution is -2.29. The summed E-state index contributed by atoms with van der Waals surface area (Å²) in [5, 5.41) is 18.9. The summed E-state index contributed by atoms with van der Waals surface area (Å²) in [6, 6.07) is 5.80. The maximum Gasteiger partial charge on any atom is 0.534 e. The molecule has 2 aromatic rings. The molecule has 11 heteroatoms. The van der Waals surface area contributed by atoms with Crippen molar-refractivity contribution in [2.24, 2.45) is 0 Å². The number of hydrogen-bond donors (Lipinski definition) is 1. The number of alkyl halides is 3. The van der Waals surface area contributed by atoms with E-state index in [-0.39, 0.29) is 16.5 Å². The molecule has 0 bridgehead atoms. The van der Waals surface area contributed by atoms with Crippen LogP contribution in [0.4, 0.5) is 13.2 Å². The molecule has 0 saturated heterocycles. The molecule has 0 saturated carbocycles. The molecule has 144 valence electrons. The Balaban J connectivity index is 3.07. The van der Waals surface area contributed by atoms with Gasteiger partial charge in [-0.3, -0.25) is 0 Å². The maximum atomic E-state index is 12.7. The number of rotatable bonds is 5. The highest BCUT2D eigenvalue weighted by Gasteiger charge is 2.49. The van der Waals surface area contributed by atoms with E-state index in [1.807, 2.05) is 0 Å². The van der Waals surface area contributed by atoms with E-state index in [9.17, 15) is 36.8 Å². The predicted octanol–water partition coefficient (Wildman–Crippen LogP) is 3.21. The Hall–Kier alpha value is -3.00. The van der Waals surface area contributed by atoms with Gasteiger partial charge in [0.15, 0.2) is 5.75 Å². The van der Waals surface area contributed by atoms with Crippen LogP contribution in [0.5, 0.6) is 11.5 Å². The number of nitriles is 1. The van der Waals surface area contributed by atoms with E-state index in [1.54, 1.807) is 13.0 Å². The molecule has 1 N–H and O–H groups in total. The van der Waals surface area contributed by atoms with Crippen LogP contribution >= 0.6 is 0 Å². The van der Waals surface area contributed by atoms with Crippen molar-refractivity contribution in [3.8, 4) is 17.6 Å². The van der Waals surface area contributed by atoms with Crippen LogP contribution < -0.4 is 8.92 Å². The number of hydrogen-bond acceptors (Lipinski definition) is 6. The molecule has 0 radical (unpaired) electrons. The molecule has 7 nitrogen and oxygen atoms in total. The summed E-state index contributed by atoms with van der Waals surface area (Å²) < 4.78 is 70.2. The number of fused-ring (bicyclic) bond motifs is 1. The van der Waals surface area contributed by atoms with Gasteiger partial charge in [0.05, 0.1) is 7.11 Å². The SMILES string of the molecule is CCc1cccc2c(C(=O)O)c(OS(=O)(=O)C(F)(F)F)c(C#N)c(OC)c12. The van der Waals surface area contributed by atoms with Crippen LogP contribution in [0, 0.1) is 11.3 Å². The van der Waals surface area contributed by atoms with Gasteiger partial charge < -0.3 is 14.0 Å². The van der Waals surface area contributed by atoms with E-state index >= 15 is 0 Å². The summed E-state index contributed by atoms with van der Waals surface area (Å²) in [4.78, 5) is 11.7. The Morgan fingerprint density at radius 2 is 1.93 bits per heavy atom. The minimum absolute atomic E-state index is 0.120. The van der Waals surface area contributed by atoms with Crippen molar-refractivity contribution in [1.82, 2.24) is 0 Å². The number of nitrogens with zero attached hydrogens (tertiary/aromatic N) is 1. The van der Waals surface area contributed by atoms with Gasteiger partial charge in [-0.15, -0.1) is 0 Å². The van der Waals surface area contributed by atoms with Crippen molar-refractivity contribution in [3.63, 3.8) is 0 Å². The van der Waals surface area contributed by atoms with Crippen molar-refractivity contribution in [2.75, 3.05) is 7.11 Å². The van der Waals surface area contributed by atoms with Crippen LogP contribution in [0.3, 0.4) is 0 Å². The van der Waals surface area contributed by atoms with Crippen molar-refractivity contribution in [3.05, 3.63) is 34.9 Å². The van der Waals surface area contributed by atoms with Gasteiger partial charge in [-0.25, -0.2) is 4.79 Å². The Morgan fingerprint density at radius 3 is 2.37 bits per heavy atom. The zero-order chi connectivity index (χ0) is 20.6. The average molecular weight is 403 g/mol. The number of methoxy groups -OCH3 is 1. The van der Waals surface area contributed by atoms with Crippen LogP contribution in [-0.2, 0) is 16.5 Å². The summed E-state index contributed by atoms with van der Waals surface area (Å²) in [5.41, 5.74) is -6.92. The fourth-order valence-electron chi connectivity index (χ4n) is 2.60. The fraction of sp³-hybridized carbons (Fsp3) is 0.250. The van der Waals surface area contributed by atoms with Gasteiger partial charge in [-0.1, -0.05) is 25.1 Å². The van der Waals surface area contributed by atoms with Crippen molar-refractivity contribution >= 4 is 26.9 Å². The molecule has 0 aliphatic heterocycles. The van der Waals surface area contributed by atoms with E-state index in [4.69, 9.17) is 4.74 Å². The second-order valence-electron chi connectivity index (χ2n) is 5.21. The van der Waals surface area contributed by atoms with E-state index < -0.39 is 38.5 Å². The van der Waals surface area contributed by atoms with Crippen molar-refractivity contribution < 1.29 is 40.4 Å². The van der Waals surface area contributed by atoms with Gasteiger partial charge in [-0.2, -0.15) is 26.9 Å². The summed E-state index contributed by atoms with van der Waals surface area (Å²) >= 11 is 0. The number of benzene rings is 2. The first kappa shape index (κ1) is 20.3. The smallest absolute Gasteiger partial charge is 0.495 e. The number of carboxylic acids is 1. The summed E-state index contributed by atoms with van der Waals surface area (Å²) in [7, 11) is -5.10. The van der Waals surface area contributed by atoms with Gasteiger partial charge in [0.2, 0.25) is 0 Å². The highest BCUT2D eigenvalue weighted by atomic mass is 32.2. The van der Waals surface area contributed by atoms with Crippen LogP contribution in [0.2, 0.25) is 0 Å². The Kier molecular flexibility index (Phi) is 5.23. The van der Waals surface area contributed by atoms with Crippen molar-refractivity contribution in [2.45, 2.75) is 18.9 Å². The molecule has 0 spiro atoms. The first-order valence-electron chi connectivity index (χ1n) is 7.29. The molecule has 2 rings (SSSR count). The second kappa shape index (κ2) is 6.96. The maximum absolute atomic E-state index is 12.7. The van der Waals surface area contributed by atoms with Crippen LogP contribution in [0.25, 0.3) is 10.8 Å². The standard InChI is InChI=1S/C16H12F3NO6S/c1-3-8-5-4-6-9-11(8)13(25-2)10(7-20)14(12(9)15(21)22)26-27(23,24)16(17,18)19/h4-6H,3H2,1-2H3,(H,21,22). The van der Waals surface area contributed by atoms with Gasteiger partial charge >= 0.3 is 21.6 Å². The molecule has 27 heavy (non-hydrogen) atoms. The third kappa shape index (κ3) is 3.35. The molecule has 0 unspecified atom stereocenters. The van der Waals surface area contributed by atoms with E-state index in [0.29, 0.717) is 12.0 Å². The number of halogens is 3. The summed E-state index contributed by atoms with van der Waals surface area (Å²) in [6.07, 6.45) is 0.388. The third-order valence-electron chi connectivity index (χ3n) is 3.72. The van der Waals surface area contributed by atoms with Crippen LogP contribution in [0.15, 0.2) is 18.2 Å². The van der Waals surface area contributed by atoms with Crippen molar-refractivity contribution in [1.29, 1.82) is 5.26 Å². The molecule has 2 aromatic carbocycles. The van der Waals surface area contributed by atoms with E-state index in [1.165, 1.54) is 18.2 Å². The highest BCUT2D eigenvalue weighted by Crippen LogP contribution is 2.43. The van der Waals surface area contributed by atoms with Crippen LogP contribution in [-0.4, -0.2) is 32.1 Å². The predicted molar refractivity (Wildman–Crippen MR) is 87.2 cm³/mol. The molecule has 0 aliphatic rings. The number of carbonyl (C=O) groups is 1. The zero-order valence-corrected chi connectivity index (χ0v) is 14.7. The first-order valence-corrected chi connectivity index (χ1v) is 8.70. The normalized spacial score (nSPS) is 11.9. The zero-order valence-electron chi connectivity index (χ0n) is 13.9. The molecular formula is C16H12F3NO6S. The monoisotopic (exact) mass is 403 g/mol. The van der Waals surface area contributed by atoms with Gasteiger partial charge in [0.1, 0.15) is 22.9 Å². The topological polar surface area (TPSA) is 114 Å². The molecule has 0 fully saturated rings. The largest absolute Gasteiger partial charge is 0.534 e. The second-order valence-corrected chi connectivity index (χ2v) is 6.74. The summed E-state index contributed by atoms with van der Waals surface area (Å²) in [6.45, 7) is 1.74. The highest BCUT2D eigenvalue weighted by molar-refractivity contribution is 7.88. The Bertz CT molecular complexity index is 1070. The molecular weight excluding hydrogens is 391 g/mol. The van der Waals surface area contributed by atoms with E-state index in [0.717, 1.165) is 7.11 Å². The lowest BCUT2D eigenvalue weighted by molar-refractivity contribution is -0.0500. The average Bonchev–Trinajstić information content (AvgIpc) is 2.58. The quantitative estimate of drug-likeness (QED) is 0.602. The van der Waals surface area contributed by atoms with E-state index in [2.05, 4.69) is 4.18 Å². The number of aromatic carboxylic acids is 1. The number of aryl methyl sites for hydroxylation is 1. The fourth-order valence-corrected chi connectivity index (χ4v) is 3.09. The third-order valence-corrected chi connectivity index (χ3v) is 4.67. The minimum Gasteiger partial charge on any atom is -0.495 e. The van der Waals surface area contributed by atoms with Gasteiger partial charge in [0, 0.05) is 10.8 Å². The molecule has 0 atom stereocenters. The molecule has 0 aromatic heterocycles. The Morgan fingerprint density at radius 1 is 1.30 bits per heavy atom. The first-order chi connectivity index (χ1) is 12.5. The number of carboxylic acid groups (broad SMARTS) is 1. The number of ether oxygens (including phenoxy) is 1. The molecule has 0 aliphatic carbocycles. The lowest BCUT2D eigenvalue weighted by Gasteiger charge is -2.18. The van der Waals surface area contributed by atoms with Gasteiger partial charge in [-0.05, 0) is 12.0 Å². The van der Waals surface area contributed by atoms with Crippen LogP contribution in [0.1, 0.15) is 28.4 Å². The lowest BCUT2D eigenvalue weighted by atomic mass is 9.94. The molecule has 0 heterocycles.